The summed E-state index contributed by atoms with van der Waals surface area (Å²) in [6.45, 7) is 0.523. The topological polar surface area (TPSA) is 93.1 Å². The van der Waals surface area contributed by atoms with Crippen molar-refractivity contribution >= 4 is 23.3 Å². The fraction of sp³-hybridized carbons (Fsp3) is 0.333. The summed E-state index contributed by atoms with van der Waals surface area (Å²) >= 11 is 0. The molecular weight excluding hydrogens is 356 g/mol. The molecule has 1 heterocycles. The molecule has 144 valence electrons. The smallest absolute Gasteiger partial charge is 0.313 e. The quantitative estimate of drug-likeness (QED) is 0.472. The van der Waals surface area contributed by atoms with Crippen LogP contribution in [0.5, 0.6) is 0 Å². The number of ketones is 1. The van der Waals surface area contributed by atoms with Gasteiger partial charge in [-0.05, 0) is 54.9 Å². The van der Waals surface area contributed by atoms with Crippen molar-refractivity contribution in [1.29, 1.82) is 0 Å². The predicted octanol–water partition coefficient (Wildman–Crippen LogP) is 1.92. The molecule has 1 saturated carbocycles. The highest BCUT2D eigenvalue weighted by molar-refractivity contribution is 6.39. The molecule has 7 heteroatoms. The van der Waals surface area contributed by atoms with Gasteiger partial charge in [0.05, 0.1) is 0 Å². The number of benzene rings is 1. The van der Waals surface area contributed by atoms with Gasteiger partial charge in [-0.3, -0.25) is 14.4 Å². The number of rotatable bonds is 5. The average molecular weight is 378 g/mol. The molecule has 2 bridgehead atoms. The van der Waals surface area contributed by atoms with E-state index < -0.39 is 11.8 Å². The Hall–Kier alpha value is -3.22. The number of amides is 2. The fourth-order valence-electron chi connectivity index (χ4n) is 4.04. The Morgan fingerprint density at radius 1 is 1.11 bits per heavy atom. The van der Waals surface area contributed by atoms with Gasteiger partial charge < -0.3 is 15.2 Å². The van der Waals surface area contributed by atoms with Gasteiger partial charge >= 0.3 is 11.8 Å². The van der Waals surface area contributed by atoms with Gasteiger partial charge in [0.1, 0.15) is 0 Å². The average Bonchev–Trinajstić information content (AvgIpc) is 3.43. The fourth-order valence-corrected chi connectivity index (χ4v) is 4.04. The summed E-state index contributed by atoms with van der Waals surface area (Å²) in [6, 6.07) is 6.41. The Morgan fingerprint density at radius 2 is 1.89 bits per heavy atom. The summed E-state index contributed by atoms with van der Waals surface area (Å²) in [4.78, 5) is 40.6. The van der Waals surface area contributed by atoms with Crippen molar-refractivity contribution in [2.75, 3.05) is 11.9 Å². The summed E-state index contributed by atoms with van der Waals surface area (Å²) in [6.07, 6.45) is 9.97. The van der Waals surface area contributed by atoms with Gasteiger partial charge in [-0.2, -0.15) is 0 Å². The molecule has 4 rings (SSSR count). The molecule has 2 amide bonds. The highest BCUT2D eigenvalue weighted by Crippen LogP contribution is 2.42. The molecule has 7 nitrogen and oxygen atoms in total. The second kappa shape index (κ2) is 7.42. The van der Waals surface area contributed by atoms with E-state index in [1.807, 2.05) is 0 Å². The molecule has 2 aliphatic rings. The van der Waals surface area contributed by atoms with Crippen LogP contribution in [0.15, 0.2) is 48.8 Å². The molecule has 2 N–H and O–H groups in total. The molecule has 1 aromatic heterocycles. The summed E-state index contributed by atoms with van der Waals surface area (Å²) < 4.78 is 1.65. The largest absolute Gasteiger partial charge is 0.348 e. The van der Waals surface area contributed by atoms with E-state index in [4.69, 9.17) is 0 Å². The van der Waals surface area contributed by atoms with Crippen LogP contribution in [0.2, 0.25) is 0 Å². The number of fused-ring (bicyclic) bond motifs is 2. The Bertz CT molecular complexity index is 945. The molecule has 0 aliphatic heterocycles. The van der Waals surface area contributed by atoms with Gasteiger partial charge in [-0.25, -0.2) is 4.98 Å². The maximum Gasteiger partial charge on any atom is 0.313 e. The normalized spacial score (nSPS) is 22.2. The standard InChI is InChI=1S/C21H22N4O3/c1-25-9-8-22-19(25)18(26)14-4-6-17(7-5-14)24-21(28)20(27)23-12-16-11-13-2-3-15(16)10-13/h2-9,13,15-16H,10-12H2,1H3,(H,23,27)(H,24,28). The van der Waals surface area contributed by atoms with Crippen LogP contribution in [0.25, 0.3) is 0 Å². The number of hydrogen-bond acceptors (Lipinski definition) is 4. The third-order valence-electron chi connectivity index (χ3n) is 5.58. The third kappa shape index (κ3) is 3.60. The van der Waals surface area contributed by atoms with E-state index in [1.165, 1.54) is 0 Å². The lowest BCUT2D eigenvalue weighted by molar-refractivity contribution is -0.136. The second-order valence-electron chi connectivity index (χ2n) is 7.47. The van der Waals surface area contributed by atoms with Gasteiger partial charge in [0.25, 0.3) is 0 Å². The molecule has 1 fully saturated rings. The Morgan fingerprint density at radius 3 is 2.50 bits per heavy atom. The number of carbonyl (C=O) groups excluding carboxylic acids is 3. The first-order valence-corrected chi connectivity index (χ1v) is 9.41. The van der Waals surface area contributed by atoms with E-state index in [0.717, 1.165) is 12.8 Å². The minimum Gasteiger partial charge on any atom is -0.348 e. The molecule has 28 heavy (non-hydrogen) atoms. The van der Waals surface area contributed by atoms with Crippen molar-refractivity contribution in [3.63, 3.8) is 0 Å². The van der Waals surface area contributed by atoms with E-state index in [-0.39, 0.29) is 5.78 Å². The highest BCUT2D eigenvalue weighted by atomic mass is 16.2. The number of imidazole rings is 1. The molecule has 0 saturated heterocycles. The lowest BCUT2D eigenvalue weighted by Gasteiger charge is -2.18. The van der Waals surface area contributed by atoms with Crippen molar-refractivity contribution in [2.45, 2.75) is 12.8 Å². The molecule has 3 unspecified atom stereocenters. The summed E-state index contributed by atoms with van der Waals surface area (Å²) in [5.74, 6) is 0.365. The van der Waals surface area contributed by atoms with Crippen molar-refractivity contribution in [3.05, 3.63) is 60.2 Å². The first kappa shape index (κ1) is 18.2. The number of anilines is 1. The zero-order chi connectivity index (χ0) is 19.7. The summed E-state index contributed by atoms with van der Waals surface area (Å²) in [5.41, 5.74) is 0.917. The number of carbonyl (C=O) groups is 3. The van der Waals surface area contributed by atoms with Crippen molar-refractivity contribution in [2.24, 2.45) is 24.8 Å². The molecule has 0 spiro atoms. The first-order chi connectivity index (χ1) is 13.5. The zero-order valence-electron chi connectivity index (χ0n) is 15.6. The second-order valence-corrected chi connectivity index (χ2v) is 7.47. The lowest BCUT2D eigenvalue weighted by Crippen LogP contribution is -2.38. The summed E-state index contributed by atoms with van der Waals surface area (Å²) in [5, 5.41) is 5.30. The molecule has 2 aliphatic carbocycles. The Labute approximate surface area is 162 Å². The van der Waals surface area contributed by atoms with E-state index in [9.17, 15) is 14.4 Å². The van der Waals surface area contributed by atoms with Gasteiger partial charge in [-0.15, -0.1) is 0 Å². The number of aryl methyl sites for hydroxylation is 1. The van der Waals surface area contributed by atoms with Crippen LogP contribution < -0.4 is 10.6 Å². The van der Waals surface area contributed by atoms with E-state index in [2.05, 4.69) is 27.8 Å². The maximum absolute atomic E-state index is 12.4. The molecule has 0 radical (unpaired) electrons. The minimum absolute atomic E-state index is 0.206. The van der Waals surface area contributed by atoms with Gasteiger partial charge in [0, 0.05) is 37.2 Å². The van der Waals surface area contributed by atoms with Crippen LogP contribution in [0.4, 0.5) is 5.69 Å². The molecular formula is C21H22N4O3. The molecule has 1 aromatic carbocycles. The van der Waals surface area contributed by atoms with Gasteiger partial charge in [0.15, 0.2) is 5.82 Å². The Kier molecular flexibility index (Phi) is 4.81. The van der Waals surface area contributed by atoms with E-state index in [1.54, 1.807) is 48.3 Å². The highest BCUT2D eigenvalue weighted by Gasteiger charge is 2.35. The Balaban J connectivity index is 1.30. The molecule has 2 aromatic rings. The van der Waals surface area contributed by atoms with Crippen LogP contribution in [-0.4, -0.2) is 33.7 Å². The van der Waals surface area contributed by atoms with E-state index >= 15 is 0 Å². The first-order valence-electron chi connectivity index (χ1n) is 9.41. The third-order valence-corrected chi connectivity index (χ3v) is 5.58. The SMILES string of the molecule is Cn1ccnc1C(=O)c1ccc(NC(=O)C(=O)NCC2CC3C=CC2C3)cc1. The minimum atomic E-state index is -0.707. The van der Waals surface area contributed by atoms with Gasteiger partial charge in [0.2, 0.25) is 5.78 Å². The van der Waals surface area contributed by atoms with Crippen LogP contribution in [0.1, 0.15) is 29.0 Å². The number of nitrogens with one attached hydrogen (secondary N) is 2. The molecule has 3 atom stereocenters. The van der Waals surface area contributed by atoms with Crippen molar-refractivity contribution in [1.82, 2.24) is 14.9 Å². The number of aromatic nitrogens is 2. The van der Waals surface area contributed by atoms with Crippen LogP contribution in [0, 0.1) is 17.8 Å². The van der Waals surface area contributed by atoms with Crippen LogP contribution in [-0.2, 0) is 16.6 Å². The van der Waals surface area contributed by atoms with Crippen molar-refractivity contribution in [3.8, 4) is 0 Å². The van der Waals surface area contributed by atoms with Crippen molar-refractivity contribution < 1.29 is 14.4 Å². The maximum atomic E-state index is 12.4. The zero-order valence-corrected chi connectivity index (χ0v) is 15.6. The van der Waals surface area contributed by atoms with Crippen LogP contribution in [0.3, 0.4) is 0 Å². The van der Waals surface area contributed by atoms with Gasteiger partial charge in [-0.1, -0.05) is 12.2 Å². The van der Waals surface area contributed by atoms with Crippen LogP contribution >= 0.6 is 0 Å². The summed E-state index contributed by atoms with van der Waals surface area (Å²) in [7, 11) is 1.75. The van der Waals surface area contributed by atoms with E-state index in [0.29, 0.717) is 41.4 Å². The number of nitrogens with zero attached hydrogens (tertiary/aromatic N) is 2. The number of hydrogen-bond donors (Lipinski definition) is 2. The predicted molar refractivity (Wildman–Crippen MR) is 104 cm³/mol. The lowest BCUT2D eigenvalue weighted by atomic mass is 9.94. The monoisotopic (exact) mass is 378 g/mol. The number of allylic oxidation sites excluding steroid dienone is 2.